The van der Waals surface area contributed by atoms with E-state index in [0.29, 0.717) is 0 Å². The van der Waals surface area contributed by atoms with Crippen LogP contribution in [-0.4, -0.2) is 36.0 Å². The van der Waals surface area contributed by atoms with Crippen LogP contribution in [0.4, 0.5) is 0 Å². The lowest BCUT2D eigenvalue weighted by atomic mass is 10.5. The van der Waals surface area contributed by atoms with Gasteiger partial charge in [0, 0.05) is 6.92 Å². The summed E-state index contributed by atoms with van der Waals surface area (Å²) in [7, 11) is 0. The van der Waals surface area contributed by atoms with Gasteiger partial charge in [0.15, 0.2) is 0 Å². The number of carboxylic acids is 1. The third-order valence-corrected chi connectivity index (χ3v) is 0.645. The lowest BCUT2D eigenvalue weighted by molar-refractivity contribution is -0.134. The van der Waals surface area contributed by atoms with E-state index in [1.165, 1.54) is 0 Å². The van der Waals surface area contributed by atoms with Crippen LogP contribution in [0.25, 0.3) is 0 Å². The molecular weight excluding hydrogens is 178 g/mol. The predicted octanol–water partition coefficient (Wildman–Crippen LogP) is -2.36. The third kappa shape index (κ3) is 25.2. The molecule has 0 saturated heterocycles. The van der Waals surface area contributed by atoms with Crippen LogP contribution in [0.15, 0.2) is 0 Å². The number of hydrogen-bond donors (Lipinski definition) is 4. The minimum Gasteiger partial charge on any atom is -0.481 e. The summed E-state index contributed by atoms with van der Waals surface area (Å²) in [5.74, 6) is -1.79. The van der Waals surface area contributed by atoms with Gasteiger partial charge in [0.05, 0.1) is 13.1 Å². The maximum atomic E-state index is 10.3. The summed E-state index contributed by atoms with van der Waals surface area (Å²) in [5, 5.41) is 9.61. The molecule has 0 aliphatic carbocycles. The second-order valence-electron chi connectivity index (χ2n) is 1.97. The molecule has 0 aliphatic heterocycles. The number of aliphatic carboxylic acids is 1. The van der Waals surface area contributed by atoms with Crippen LogP contribution >= 0.6 is 0 Å². The van der Waals surface area contributed by atoms with E-state index >= 15 is 0 Å². The van der Waals surface area contributed by atoms with Crippen molar-refractivity contribution < 1.29 is 19.5 Å². The Labute approximate surface area is 75.1 Å². The Balaban J connectivity index is 0. The largest absolute Gasteiger partial charge is 0.481 e. The average molecular weight is 191 g/mol. The first-order chi connectivity index (χ1) is 5.90. The van der Waals surface area contributed by atoms with Crippen molar-refractivity contribution in [3.8, 4) is 0 Å². The summed E-state index contributed by atoms with van der Waals surface area (Å²) in [4.78, 5) is 29.3. The van der Waals surface area contributed by atoms with Gasteiger partial charge >= 0.3 is 0 Å². The van der Waals surface area contributed by atoms with E-state index in [2.05, 4.69) is 5.32 Å². The number of carbonyl (C=O) groups is 3. The lowest BCUT2D eigenvalue weighted by Gasteiger charge is -1.96. The molecule has 0 rings (SSSR count). The topological polar surface area (TPSA) is 136 Å². The molecular formula is C6H13N3O4. The summed E-state index contributed by atoms with van der Waals surface area (Å²) in [6.45, 7) is 0.823. The fourth-order valence-corrected chi connectivity index (χ4v) is 0.258. The number of rotatable bonds is 3. The summed E-state index contributed by atoms with van der Waals surface area (Å²) >= 11 is 0. The normalized spacial score (nSPS) is 7.85. The van der Waals surface area contributed by atoms with Gasteiger partial charge in [0.2, 0.25) is 11.8 Å². The molecule has 7 nitrogen and oxygen atoms in total. The first-order valence-corrected chi connectivity index (χ1v) is 3.34. The second kappa shape index (κ2) is 8.47. The van der Waals surface area contributed by atoms with E-state index in [-0.39, 0.29) is 19.0 Å². The highest BCUT2D eigenvalue weighted by Crippen LogP contribution is 1.57. The van der Waals surface area contributed by atoms with E-state index in [0.717, 1.165) is 6.92 Å². The van der Waals surface area contributed by atoms with Crippen molar-refractivity contribution in [2.75, 3.05) is 13.1 Å². The smallest absolute Gasteiger partial charge is 0.300 e. The van der Waals surface area contributed by atoms with Crippen molar-refractivity contribution in [2.45, 2.75) is 6.92 Å². The maximum Gasteiger partial charge on any atom is 0.300 e. The predicted molar refractivity (Wildman–Crippen MR) is 44.6 cm³/mol. The maximum absolute atomic E-state index is 10.3. The number of primary amides is 1. The first kappa shape index (κ1) is 13.9. The van der Waals surface area contributed by atoms with E-state index < -0.39 is 11.9 Å². The number of hydrogen-bond acceptors (Lipinski definition) is 4. The van der Waals surface area contributed by atoms with Crippen molar-refractivity contribution in [1.29, 1.82) is 0 Å². The van der Waals surface area contributed by atoms with Gasteiger partial charge in [-0.05, 0) is 0 Å². The third-order valence-electron chi connectivity index (χ3n) is 0.645. The van der Waals surface area contributed by atoms with Crippen molar-refractivity contribution in [3.05, 3.63) is 0 Å². The number of carbonyl (C=O) groups excluding carboxylic acids is 2. The van der Waals surface area contributed by atoms with Crippen LogP contribution in [0.3, 0.4) is 0 Å². The quantitative estimate of drug-likeness (QED) is 0.395. The number of nitrogens with two attached hydrogens (primary N) is 2. The molecule has 0 spiro atoms. The molecule has 0 atom stereocenters. The van der Waals surface area contributed by atoms with Gasteiger partial charge in [-0.3, -0.25) is 14.4 Å². The average Bonchev–Trinajstić information content (AvgIpc) is 1.99. The molecule has 0 aromatic rings. The molecule has 0 radical (unpaired) electrons. The zero-order valence-electron chi connectivity index (χ0n) is 7.24. The van der Waals surface area contributed by atoms with Crippen molar-refractivity contribution in [3.63, 3.8) is 0 Å². The molecule has 0 aromatic heterocycles. The van der Waals surface area contributed by atoms with Gasteiger partial charge in [0.25, 0.3) is 5.97 Å². The SMILES string of the molecule is CC(=O)O.NCC(=O)NCC(N)=O. The molecule has 0 unspecified atom stereocenters. The highest BCUT2D eigenvalue weighted by molar-refractivity contribution is 5.84. The van der Waals surface area contributed by atoms with E-state index in [4.69, 9.17) is 21.4 Å². The molecule has 0 bridgehead atoms. The van der Waals surface area contributed by atoms with E-state index in [9.17, 15) is 9.59 Å². The van der Waals surface area contributed by atoms with Crippen LogP contribution in [0.2, 0.25) is 0 Å². The first-order valence-electron chi connectivity index (χ1n) is 3.34. The Morgan fingerprint density at radius 3 is 2.00 bits per heavy atom. The molecule has 0 heterocycles. The standard InChI is InChI=1S/C4H9N3O2.C2H4O2/c5-1-4(9)7-2-3(6)8;1-2(3)4/h1-2,5H2,(H2,6,8)(H,7,9);1H3,(H,3,4). The van der Waals surface area contributed by atoms with Crippen LogP contribution < -0.4 is 16.8 Å². The van der Waals surface area contributed by atoms with Gasteiger partial charge in [-0.25, -0.2) is 0 Å². The Kier molecular flexibility index (Phi) is 9.07. The van der Waals surface area contributed by atoms with Crippen molar-refractivity contribution in [2.24, 2.45) is 11.5 Å². The summed E-state index contributed by atoms with van der Waals surface area (Å²) in [5.41, 5.74) is 9.60. The Bertz CT molecular complexity index is 188. The Hall–Kier alpha value is -1.63. The molecule has 0 saturated carbocycles. The molecule has 2 amide bonds. The van der Waals surface area contributed by atoms with E-state index in [1.54, 1.807) is 0 Å². The number of amides is 2. The fourth-order valence-electron chi connectivity index (χ4n) is 0.258. The number of nitrogens with one attached hydrogen (secondary N) is 1. The fraction of sp³-hybridized carbons (Fsp3) is 0.500. The highest BCUT2D eigenvalue weighted by atomic mass is 16.4. The van der Waals surface area contributed by atoms with Crippen molar-refractivity contribution in [1.82, 2.24) is 5.32 Å². The van der Waals surface area contributed by atoms with E-state index in [1.807, 2.05) is 0 Å². The molecule has 76 valence electrons. The van der Waals surface area contributed by atoms with Gasteiger partial charge in [-0.1, -0.05) is 0 Å². The minimum atomic E-state index is -0.833. The van der Waals surface area contributed by atoms with Gasteiger partial charge in [-0.2, -0.15) is 0 Å². The zero-order chi connectivity index (χ0) is 10.9. The monoisotopic (exact) mass is 191 g/mol. The minimum absolute atomic E-state index is 0.118. The summed E-state index contributed by atoms with van der Waals surface area (Å²) < 4.78 is 0. The molecule has 0 fully saturated rings. The zero-order valence-corrected chi connectivity index (χ0v) is 7.24. The lowest BCUT2D eigenvalue weighted by Crippen LogP contribution is -2.36. The van der Waals surface area contributed by atoms with Crippen LogP contribution in [0.5, 0.6) is 0 Å². The Morgan fingerprint density at radius 2 is 1.77 bits per heavy atom. The molecule has 7 heteroatoms. The summed E-state index contributed by atoms with van der Waals surface area (Å²) in [6.07, 6.45) is 0. The molecule has 13 heavy (non-hydrogen) atoms. The Morgan fingerprint density at radius 1 is 1.38 bits per heavy atom. The second-order valence-corrected chi connectivity index (χ2v) is 1.97. The molecule has 0 aliphatic rings. The van der Waals surface area contributed by atoms with Gasteiger partial charge < -0.3 is 21.9 Å². The van der Waals surface area contributed by atoms with Gasteiger partial charge in [-0.15, -0.1) is 0 Å². The highest BCUT2D eigenvalue weighted by Gasteiger charge is 1.96. The summed E-state index contributed by atoms with van der Waals surface area (Å²) in [6, 6.07) is 0. The van der Waals surface area contributed by atoms with Gasteiger partial charge in [0.1, 0.15) is 0 Å². The van der Waals surface area contributed by atoms with Crippen LogP contribution in [0.1, 0.15) is 6.92 Å². The van der Waals surface area contributed by atoms with Crippen molar-refractivity contribution >= 4 is 17.8 Å². The molecule has 0 aromatic carbocycles. The number of carboxylic acid groups (broad SMARTS) is 1. The van der Waals surface area contributed by atoms with Crippen LogP contribution in [-0.2, 0) is 14.4 Å². The van der Waals surface area contributed by atoms with Crippen LogP contribution in [0, 0.1) is 0 Å². The molecule has 6 N–H and O–H groups in total.